The van der Waals surface area contributed by atoms with E-state index in [0.717, 1.165) is 17.0 Å². The first-order chi connectivity index (χ1) is 9.74. The van der Waals surface area contributed by atoms with Gasteiger partial charge in [-0.2, -0.15) is 0 Å². The second-order valence-electron chi connectivity index (χ2n) is 4.77. The molecule has 1 aliphatic rings. The molecule has 0 spiro atoms. The van der Waals surface area contributed by atoms with Crippen molar-refractivity contribution in [2.45, 2.75) is 6.42 Å². The topological polar surface area (TPSA) is 55.6 Å². The summed E-state index contributed by atoms with van der Waals surface area (Å²) in [4.78, 5) is 13.8. The van der Waals surface area contributed by atoms with Crippen molar-refractivity contribution in [2.24, 2.45) is 0 Å². The Morgan fingerprint density at radius 2 is 1.85 bits per heavy atom. The van der Waals surface area contributed by atoms with E-state index in [2.05, 4.69) is 0 Å². The van der Waals surface area contributed by atoms with Crippen LogP contribution in [-0.4, -0.2) is 19.1 Å². The molecule has 20 heavy (non-hydrogen) atoms. The number of nitrogens with two attached hydrogens (primary N) is 1. The summed E-state index contributed by atoms with van der Waals surface area (Å²) in [5, 5.41) is 0. The van der Waals surface area contributed by atoms with Crippen LogP contribution in [0.15, 0.2) is 48.5 Å². The Balaban J connectivity index is 1.61. The van der Waals surface area contributed by atoms with E-state index < -0.39 is 0 Å². The van der Waals surface area contributed by atoms with Crippen LogP contribution in [0.3, 0.4) is 0 Å². The molecule has 0 aliphatic carbocycles. The Bertz CT molecular complexity index is 623. The summed E-state index contributed by atoms with van der Waals surface area (Å²) < 4.78 is 5.64. The molecule has 1 heterocycles. The SMILES string of the molecule is Nc1ccc(OCCN2C(=O)Cc3ccccc32)cc1. The van der Waals surface area contributed by atoms with Crippen molar-refractivity contribution in [1.82, 2.24) is 0 Å². The summed E-state index contributed by atoms with van der Waals surface area (Å²) in [6.07, 6.45) is 0.484. The number of benzene rings is 2. The number of hydrogen-bond donors (Lipinski definition) is 1. The molecule has 2 N–H and O–H groups in total. The van der Waals surface area contributed by atoms with Gasteiger partial charge in [0.15, 0.2) is 0 Å². The van der Waals surface area contributed by atoms with Gasteiger partial charge in [0.25, 0.3) is 0 Å². The summed E-state index contributed by atoms with van der Waals surface area (Å²) in [5.41, 5.74) is 8.41. The Kier molecular flexibility index (Phi) is 3.29. The monoisotopic (exact) mass is 268 g/mol. The number of rotatable bonds is 4. The Labute approximate surface area is 117 Å². The van der Waals surface area contributed by atoms with E-state index in [9.17, 15) is 4.79 Å². The second kappa shape index (κ2) is 5.25. The molecule has 3 rings (SSSR count). The largest absolute Gasteiger partial charge is 0.492 e. The molecule has 0 atom stereocenters. The summed E-state index contributed by atoms with van der Waals surface area (Å²) in [6.45, 7) is 1.02. The maximum atomic E-state index is 12.0. The summed E-state index contributed by atoms with van der Waals surface area (Å²) in [5.74, 6) is 0.895. The van der Waals surface area contributed by atoms with Crippen LogP contribution in [0.2, 0.25) is 0 Å². The first-order valence-corrected chi connectivity index (χ1v) is 6.60. The average molecular weight is 268 g/mol. The van der Waals surface area contributed by atoms with Gasteiger partial charge in [-0.05, 0) is 35.9 Å². The van der Waals surface area contributed by atoms with Crippen LogP contribution in [0.25, 0.3) is 0 Å². The molecule has 0 bridgehead atoms. The number of carbonyl (C=O) groups excluding carboxylic acids is 1. The molecule has 0 unspecified atom stereocenters. The number of carbonyl (C=O) groups is 1. The molecule has 0 saturated carbocycles. The van der Waals surface area contributed by atoms with E-state index in [-0.39, 0.29) is 5.91 Å². The normalized spacial score (nSPS) is 13.4. The fraction of sp³-hybridized carbons (Fsp3) is 0.188. The predicted molar refractivity (Wildman–Crippen MR) is 78.8 cm³/mol. The lowest BCUT2D eigenvalue weighted by Gasteiger charge is -2.17. The molecule has 1 aliphatic heterocycles. The number of nitrogen functional groups attached to an aromatic ring is 1. The van der Waals surface area contributed by atoms with Gasteiger partial charge in [0.2, 0.25) is 5.91 Å². The van der Waals surface area contributed by atoms with E-state index >= 15 is 0 Å². The lowest BCUT2D eigenvalue weighted by molar-refractivity contribution is -0.117. The van der Waals surface area contributed by atoms with Crippen molar-refractivity contribution in [1.29, 1.82) is 0 Å². The Morgan fingerprint density at radius 3 is 2.65 bits per heavy atom. The summed E-state index contributed by atoms with van der Waals surface area (Å²) in [7, 11) is 0. The van der Waals surface area contributed by atoms with Gasteiger partial charge in [-0.1, -0.05) is 18.2 Å². The van der Waals surface area contributed by atoms with Crippen molar-refractivity contribution in [3.63, 3.8) is 0 Å². The molecule has 4 heteroatoms. The number of ether oxygens (including phenoxy) is 1. The van der Waals surface area contributed by atoms with E-state index in [4.69, 9.17) is 10.5 Å². The van der Waals surface area contributed by atoms with Crippen LogP contribution in [0.4, 0.5) is 11.4 Å². The fourth-order valence-corrected chi connectivity index (χ4v) is 2.38. The van der Waals surface area contributed by atoms with Crippen LogP contribution < -0.4 is 15.4 Å². The molecule has 1 amide bonds. The van der Waals surface area contributed by atoms with E-state index in [1.54, 1.807) is 17.0 Å². The van der Waals surface area contributed by atoms with Crippen LogP contribution in [0.5, 0.6) is 5.75 Å². The highest BCUT2D eigenvalue weighted by Crippen LogP contribution is 2.28. The average Bonchev–Trinajstić information content (AvgIpc) is 2.77. The maximum absolute atomic E-state index is 12.0. The summed E-state index contributed by atoms with van der Waals surface area (Å²) in [6, 6.07) is 15.1. The zero-order chi connectivity index (χ0) is 13.9. The number of para-hydroxylation sites is 1. The first-order valence-electron chi connectivity index (χ1n) is 6.60. The third kappa shape index (κ3) is 2.45. The fourth-order valence-electron chi connectivity index (χ4n) is 2.38. The van der Waals surface area contributed by atoms with Gasteiger partial charge in [0.1, 0.15) is 12.4 Å². The third-order valence-electron chi connectivity index (χ3n) is 3.39. The van der Waals surface area contributed by atoms with E-state index in [1.165, 1.54) is 0 Å². The molecule has 0 aromatic heterocycles. The molecule has 0 fully saturated rings. The quantitative estimate of drug-likeness (QED) is 0.865. The minimum absolute atomic E-state index is 0.132. The number of nitrogens with zero attached hydrogens (tertiary/aromatic N) is 1. The molecule has 0 radical (unpaired) electrons. The van der Waals surface area contributed by atoms with E-state index in [1.807, 2.05) is 36.4 Å². The Morgan fingerprint density at radius 1 is 1.10 bits per heavy atom. The number of anilines is 2. The van der Waals surface area contributed by atoms with Gasteiger partial charge >= 0.3 is 0 Å². The van der Waals surface area contributed by atoms with Gasteiger partial charge in [-0.25, -0.2) is 0 Å². The smallest absolute Gasteiger partial charge is 0.231 e. The van der Waals surface area contributed by atoms with Crippen molar-refractivity contribution in [3.8, 4) is 5.75 Å². The van der Waals surface area contributed by atoms with Crippen molar-refractivity contribution in [2.75, 3.05) is 23.8 Å². The molecule has 2 aromatic rings. The standard InChI is InChI=1S/C16H16N2O2/c17-13-5-7-14(8-6-13)20-10-9-18-15-4-2-1-3-12(15)11-16(18)19/h1-8H,9-11,17H2. The van der Waals surface area contributed by atoms with Gasteiger partial charge < -0.3 is 15.4 Å². The van der Waals surface area contributed by atoms with Crippen LogP contribution >= 0.6 is 0 Å². The van der Waals surface area contributed by atoms with Crippen LogP contribution in [0, 0.1) is 0 Å². The molecular formula is C16H16N2O2. The lowest BCUT2D eigenvalue weighted by atomic mass is 10.2. The number of fused-ring (bicyclic) bond motifs is 1. The van der Waals surface area contributed by atoms with Crippen molar-refractivity contribution < 1.29 is 9.53 Å². The molecule has 2 aromatic carbocycles. The van der Waals surface area contributed by atoms with Gasteiger partial charge in [0.05, 0.1) is 13.0 Å². The molecule has 4 nitrogen and oxygen atoms in total. The highest BCUT2D eigenvalue weighted by Gasteiger charge is 2.26. The van der Waals surface area contributed by atoms with E-state index in [0.29, 0.717) is 25.3 Å². The minimum Gasteiger partial charge on any atom is -0.492 e. The second-order valence-corrected chi connectivity index (χ2v) is 4.77. The van der Waals surface area contributed by atoms with Gasteiger partial charge in [-0.15, -0.1) is 0 Å². The Hall–Kier alpha value is -2.49. The highest BCUT2D eigenvalue weighted by atomic mass is 16.5. The number of amides is 1. The predicted octanol–water partition coefficient (Wildman–Crippen LogP) is 2.24. The zero-order valence-electron chi connectivity index (χ0n) is 11.1. The molecule has 0 saturated heterocycles. The zero-order valence-corrected chi connectivity index (χ0v) is 11.1. The summed E-state index contributed by atoms with van der Waals surface area (Å²) >= 11 is 0. The number of hydrogen-bond acceptors (Lipinski definition) is 3. The molecule has 102 valence electrons. The maximum Gasteiger partial charge on any atom is 0.231 e. The lowest BCUT2D eigenvalue weighted by Crippen LogP contribution is -2.31. The molecular weight excluding hydrogens is 252 g/mol. The highest BCUT2D eigenvalue weighted by molar-refractivity contribution is 6.01. The van der Waals surface area contributed by atoms with Gasteiger partial charge in [-0.3, -0.25) is 4.79 Å². The van der Waals surface area contributed by atoms with Gasteiger partial charge in [0, 0.05) is 11.4 Å². The van der Waals surface area contributed by atoms with Crippen LogP contribution in [0.1, 0.15) is 5.56 Å². The van der Waals surface area contributed by atoms with Crippen molar-refractivity contribution in [3.05, 3.63) is 54.1 Å². The van der Waals surface area contributed by atoms with Crippen LogP contribution in [-0.2, 0) is 11.2 Å². The van der Waals surface area contributed by atoms with Crippen molar-refractivity contribution >= 4 is 17.3 Å². The minimum atomic E-state index is 0.132. The first kappa shape index (κ1) is 12.5. The third-order valence-corrected chi connectivity index (χ3v) is 3.39.